The molecule has 0 spiro atoms. The van der Waals surface area contributed by atoms with E-state index in [9.17, 15) is 9.59 Å². The van der Waals surface area contributed by atoms with Crippen LogP contribution in [-0.4, -0.2) is 36.6 Å². The van der Waals surface area contributed by atoms with E-state index in [0.29, 0.717) is 12.3 Å². The van der Waals surface area contributed by atoms with Gasteiger partial charge in [-0.25, -0.2) is 4.79 Å². The lowest BCUT2D eigenvalue weighted by atomic mass is 10.2. The van der Waals surface area contributed by atoms with Gasteiger partial charge >= 0.3 is 11.3 Å². The fourth-order valence-electron chi connectivity index (χ4n) is 0.687. The summed E-state index contributed by atoms with van der Waals surface area (Å²) in [7, 11) is 0. The number of hydrogen-bond donors (Lipinski definition) is 0. The lowest BCUT2D eigenvalue weighted by Gasteiger charge is -2.14. The molecule has 0 aliphatic rings. The molecule has 0 heterocycles. The molecule has 0 rings (SSSR count). The standard InChI is InChI=1S/C10H17NO4S/c1-7(2)9(12)14-8(3)15-10(13)16-6-5-11-4/h7-8H,4-6H2,1-3H3. The first-order chi connectivity index (χ1) is 7.47. The van der Waals surface area contributed by atoms with Gasteiger partial charge < -0.3 is 14.5 Å². The quantitative estimate of drug-likeness (QED) is 0.311. The molecule has 0 bridgehead atoms. The summed E-state index contributed by atoms with van der Waals surface area (Å²) in [5.41, 5.74) is 0. The van der Waals surface area contributed by atoms with Crippen molar-refractivity contribution in [2.24, 2.45) is 10.9 Å². The van der Waals surface area contributed by atoms with Gasteiger partial charge in [0.05, 0.1) is 5.92 Å². The molecule has 0 aromatic carbocycles. The van der Waals surface area contributed by atoms with E-state index in [2.05, 4.69) is 11.7 Å². The van der Waals surface area contributed by atoms with Gasteiger partial charge in [0.2, 0.25) is 6.29 Å². The van der Waals surface area contributed by atoms with Crippen molar-refractivity contribution in [3.05, 3.63) is 0 Å². The summed E-state index contributed by atoms with van der Waals surface area (Å²) in [6, 6.07) is 0. The minimum Gasteiger partial charge on any atom is -0.425 e. The molecule has 1 atom stereocenters. The Morgan fingerprint density at radius 3 is 2.44 bits per heavy atom. The Balaban J connectivity index is 3.77. The van der Waals surface area contributed by atoms with E-state index < -0.39 is 17.6 Å². The van der Waals surface area contributed by atoms with Gasteiger partial charge in [-0.3, -0.25) is 4.79 Å². The zero-order valence-corrected chi connectivity index (χ0v) is 10.6. The van der Waals surface area contributed by atoms with Crippen LogP contribution >= 0.6 is 11.8 Å². The van der Waals surface area contributed by atoms with Crippen molar-refractivity contribution in [2.75, 3.05) is 12.3 Å². The summed E-state index contributed by atoms with van der Waals surface area (Å²) in [4.78, 5) is 25.9. The fraction of sp³-hybridized carbons (Fsp3) is 0.700. The second kappa shape index (κ2) is 8.15. The number of carbonyl (C=O) groups is 2. The molecule has 0 aromatic heterocycles. The third kappa shape index (κ3) is 7.28. The molecular formula is C10H17NO4S. The molecule has 16 heavy (non-hydrogen) atoms. The van der Waals surface area contributed by atoms with E-state index in [4.69, 9.17) is 9.47 Å². The summed E-state index contributed by atoms with van der Waals surface area (Å²) in [6.45, 7) is 8.70. The zero-order valence-electron chi connectivity index (χ0n) is 9.76. The van der Waals surface area contributed by atoms with Gasteiger partial charge in [0, 0.05) is 19.2 Å². The van der Waals surface area contributed by atoms with Gasteiger partial charge in [0.15, 0.2) is 0 Å². The van der Waals surface area contributed by atoms with Gasteiger partial charge in [-0.1, -0.05) is 13.8 Å². The van der Waals surface area contributed by atoms with Crippen LogP contribution in [0.25, 0.3) is 0 Å². The van der Waals surface area contributed by atoms with Crippen LogP contribution in [0.3, 0.4) is 0 Å². The Bertz CT molecular complexity index is 255. The highest BCUT2D eigenvalue weighted by atomic mass is 32.2. The van der Waals surface area contributed by atoms with Crippen LogP contribution in [0.4, 0.5) is 4.79 Å². The summed E-state index contributed by atoms with van der Waals surface area (Å²) >= 11 is 0.979. The van der Waals surface area contributed by atoms with Gasteiger partial charge in [0.25, 0.3) is 0 Å². The molecule has 0 N–H and O–H groups in total. The first-order valence-corrected chi connectivity index (χ1v) is 5.92. The van der Waals surface area contributed by atoms with Crippen molar-refractivity contribution in [1.82, 2.24) is 0 Å². The van der Waals surface area contributed by atoms with Crippen molar-refractivity contribution in [2.45, 2.75) is 27.1 Å². The Kier molecular flexibility index (Phi) is 7.62. The van der Waals surface area contributed by atoms with Crippen molar-refractivity contribution in [3.63, 3.8) is 0 Å². The van der Waals surface area contributed by atoms with Gasteiger partial charge in [-0.2, -0.15) is 0 Å². The molecule has 0 radical (unpaired) electrons. The first-order valence-electron chi connectivity index (χ1n) is 4.93. The second-order valence-electron chi connectivity index (χ2n) is 3.32. The highest BCUT2D eigenvalue weighted by Gasteiger charge is 2.16. The normalized spacial score (nSPS) is 12.0. The van der Waals surface area contributed by atoms with E-state index >= 15 is 0 Å². The van der Waals surface area contributed by atoms with Crippen molar-refractivity contribution in [3.8, 4) is 0 Å². The smallest absolute Gasteiger partial charge is 0.370 e. The van der Waals surface area contributed by atoms with E-state index in [1.165, 1.54) is 6.92 Å². The van der Waals surface area contributed by atoms with Crippen molar-refractivity contribution in [1.29, 1.82) is 0 Å². The highest BCUT2D eigenvalue weighted by molar-refractivity contribution is 8.13. The van der Waals surface area contributed by atoms with Crippen LogP contribution in [0.1, 0.15) is 20.8 Å². The largest absolute Gasteiger partial charge is 0.425 e. The fourth-order valence-corrected chi connectivity index (χ4v) is 1.28. The molecule has 0 saturated carbocycles. The predicted molar refractivity (Wildman–Crippen MR) is 63.7 cm³/mol. The Morgan fingerprint density at radius 2 is 1.94 bits per heavy atom. The Labute approximate surface area is 99.6 Å². The molecular weight excluding hydrogens is 230 g/mol. The summed E-state index contributed by atoms with van der Waals surface area (Å²) in [5, 5.41) is -0.479. The topological polar surface area (TPSA) is 65.0 Å². The maximum Gasteiger partial charge on any atom is 0.370 e. The Hall–Kier alpha value is -1.04. The molecule has 5 nitrogen and oxygen atoms in total. The Morgan fingerprint density at radius 1 is 1.31 bits per heavy atom. The lowest BCUT2D eigenvalue weighted by Crippen LogP contribution is -2.22. The van der Waals surface area contributed by atoms with Crippen LogP contribution in [0, 0.1) is 5.92 Å². The van der Waals surface area contributed by atoms with Crippen molar-refractivity contribution < 1.29 is 19.1 Å². The number of hydrogen-bond acceptors (Lipinski definition) is 6. The first kappa shape index (κ1) is 15.0. The number of nitrogens with zero attached hydrogens (tertiary/aromatic N) is 1. The maximum absolute atomic E-state index is 11.2. The molecule has 0 aliphatic heterocycles. The van der Waals surface area contributed by atoms with E-state index in [1.807, 2.05) is 0 Å². The number of ether oxygens (including phenoxy) is 2. The average Bonchev–Trinajstić information content (AvgIpc) is 2.17. The van der Waals surface area contributed by atoms with Gasteiger partial charge in [-0.05, 0) is 18.5 Å². The molecule has 0 aliphatic carbocycles. The number of aliphatic imine (C=N–C) groups is 1. The van der Waals surface area contributed by atoms with Crippen molar-refractivity contribution >= 4 is 29.8 Å². The minimum absolute atomic E-state index is 0.237. The third-order valence-corrected chi connectivity index (χ3v) is 2.20. The SMILES string of the molecule is C=NCCSC(=O)OC(C)OC(=O)C(C)C. The maximum atomic E-state index is 11.2. The van der Waals surface area contributed by atoms with Crippen LogP contribution in [-0.2, 0) is 14.3 Å². The number of thioether (sulfide) groups is 1. The monoisotopic (exact) mass is 247 g/mol. The van der Waals surface area contributed by atoms with Crippen LogP contribution in [0.15, 0.2) is 4.99 Å². The second-order valence-corrected chi connectivity index (χ2v) is 4.35. The van der Waals surface area contributed by atoms with Gasteiger partial charge in [0.1, 0.15) is 0 Å². The third-order valence-electron chi connectivity index (χ3n) is 1.49. The molecule has 6 heteroatoms. The molecule has 0 fully saturated rings. The average molecular weight is 247 g/mol. The van der Waals surface area contributed by atoms with Crippen LogP contribution < -0.4 is 0 Å². The number of carbonyl (C=O) groups excluding carboxylic acids is 2. The highest BCUT2D eigenvalue weighted by Crippen LogP contribution is 2.09. The molecule has 1 unspecified atom stereocenters. The summed E-state index contributed by atoms with van der Waals surface area (Å²) in [6.07, 6.45) is -0.855. The van der Waals surface area contributed by atoms with E-state index in [1.54, 1.807) is 13.8 Å². The van der Waals surface area contributed by atoms with Crippen LogP contribution in [0.2, 0.25) is 0 Å². The lowest BCUT2D eigenvalue weighted by molar-refractivity contribution is -0.167. The van der Waals surface area contributed by atoms with Gasteiger partial charge in [-0.15, -0.1) is 0 Å². The molecule has 92 valence electrons. The number of rotatable bonds is 6. The van der Waals surface area contributed by atoms with E-state index in [-0.39, 0.29) is 5.92 Å². The predicted octanol–water partition coefficient (Wildman–Crippen LogP) is 2.10. The minimum atomic E-state index is -0.855. The summed E-state index contributed by atoms with van der Waals surface area (Å²) in [5.74, 6) is -0.121. The zero-order chi connectivity index (χ0) is 12.6. The molecule has 0 aromatic rings. The summed E-state index contributed by atoms with van der Waals surface area (Å²) < 4.78 is 9.69. The van der Waals surface area contributed by atoms with E-state index in [0.717, 1.165) is 11.8 Å². The molecule has 0 amide bonds. The number of esters is 1. The molecule has 0 saturated heterocycles. The van der Waals surface area contributed by atoms with Crippen LogP contribution in [0.5, 0.6) is 0 Å².